The minimum absolute atomic E-state index is 0.151. The Kier molecular flexibility index (Phi) is 6.70. The minimum atomic E-state index is -0.151. The van der Waals surface area contributed by atoms with Gasteiger partial charge in [-0.15, -0.1) is 0 Å². The Morgan fingerprint density at radius 2 is 1.97 bits per heavy atom. The van der Waals surface area contributed by atoms with Gasteiger partial charge in [-0.2, -0.15) is 0 Å². The van der Waals surface area contributed by atoms with Crippen LogP contribution in [0.4, 0.5) is 21.3 Å². The summed E-state index contributed by atoms with van der Waals surface area (Å²) in [6.07, 6.45) is 0. The highest BCUT2D eigenvalue weighted by atomic mass is 32.1. The number of ether oxygens (including phenoxy) is 1. The summed E-state index contributed by atoms with van der Waals surface area (Å²) in [5.74, 6) is 0.452. The largest absolute Gasteiger partial charge is 0.379 e. The summed E-state index contributed by atoms with van der Waals surface area (Å²) in [5.41, 5.74) is 9.58. The van der Waals surface area contributed by atoms with E-state index in [0.717, 1.165) is 54.4 Å². The molecule has 8 heteroatoms. The molecule has 1 aliphatic heterocycles. The first-order valence-corrected chi connectivity index (χ1v) is 11.5. The second-order valence-corrected chi connectivity index (χ2v) is 9.08. The number of morpholine rings is 1. The van der Waals surface area contributed by atoms with Crippen LogP contribution in [0.1, 0.15) is 25.3 Å². The van der Waals surface area contributed by atoms with E-state index in [-0.39, 0.29) is 6.03 Å². The zero-order chi connectivity index (χ0) is 21.8. The number of benzene rings is 2. The van der Waals surface area contributed by atoms with Gasteiger partial charge in [0.05, 0.1) is 23.4 Å². The van der Waals surface area contributed by atoms with E-state index in [0.29, 0.717) is 17.6 Å². The molecule has 2 amide bonds. The zero-order valence-corrected chi connectivity index (χ0v) is 18.8. The van der Waals surface area contributed by atoms with Crippen molar-refractivity contribution in [2.45, 2.75) is 19.8 Å². The van der Waals surface area contributed by atoms with Crippen molar-refractivity contribution >= 4 is 44.1 Å². The van der Waals surface area contributed by atoms with Crippen LogP contribution in [0.2, 0.25) is 0 Å². The summed E-state index contributed by atoms with van der Waals surface area (Å²) in [4.78, 5) is 21.7. The highest BCUT2D eigenvalue weighted by Crippen LogP contribution is 2.29. The van der Waals surface area contributed by atoms with Crippen LogP contribution in [0.15, 0.2) is 42.5 Å². The first kappa shape index (κ1) is 21.5. The molecule has 164 valence electrons. The molecule has 3 aromatic rings. The average Bonchev–Trinajstić information content (AvgIpc) is 3.14. The molecule has 0 saturated carbocycles. The third-order valence-corrected chi connectivity index (χ3v) is 6.36. The van der Waals surface area contributed by atoms with Gasteiger partial charge in [0.25, 0.3) is 0 Å². The maximum Gasteiger partial charge on any atom is 0.326 e. The van der Waals surface area contributed by atoms with Crippen molar-refractivity contribution in [3.05, 3.63) is 48.0 Å². The number of hydrogen-bond donors (Lipinski definition) is 2. The van der Waals surface area contributed by atoms with E-state index in [2.05, 4.69) is 41.2 Å². The molecule has 0 spiro atoms. The number of nitrogens with one attached hydrogen (secondary N) is 1. The van der Waals surface area contributed by atoms with Crippen LogP contribution in [-0.4, -0.2) is 55.3 Å². The molecular formula is C23H29N5O2S. The molecule has 0 aliphatic carbocycles. The number of amides is 2. The number of fused-ring (bicyclic) bond motifs is 1. The van der Waals surface area contributed by atoms with Crippen LogP contribution in [0.25, 0.3) is 10.2 Å². The van der Waals surface area contributed by atoms with Gasteiger partial charge in [-0.05, 0) is 41.8 Å². The molecule has 2 heterocycles. The standard InChI is InChI=1S/C23H29N5O2S/c1-16(2)17-3-5-18(6-4-17)25-23(29)28(10-9-27-11-13-30-14-12-27)19-7-8-20-21(15-19)31-22(24)26-20/h3-8,15-16H,9-14H2,1-2H3,(H2,24,26)(H,25,29). The van der Waals surface area contributed by atoms with Crippen LogP contribution >= 0.6 is 11.3 Å². The summed E-state index contributed by atoms with van der Waals surface area (Å²) in [6.45, 7) is 8.92. The SMILES string of the molecule is CC(C)c1ccc(NC(=O)N(CCN2CCOCC2)c2ccc3nc(N)sc3c2)cc1. The first-order chi connectivity index (χ1) is 15.0. The predicted molar refractivity (Wildman–Crippen MR) is 128 cm³/mol. The topological polar surface area (TPSA) is 83.7 Å². The van der Waals surface area contributed by atoms with Crippen molar-refractivity contribution in [3.63, 3.8) is 0 Å². The van der Waals surface area contributed by atoms with Gasteiger partial charge in [0.15, 0.2) is 5.13 Å². The maximum atomic E-state index is 13.3. The molecule has 4 rings (SSSR count). The van der Waals surface area contributed by atoms with Crippen molar-refractivity contribution in [3.8, 4) is 0 Å². The molecule has 31 heavy (non-hydrogen) atoms. The van der Waals surface area contributed by atoms with Crippen LogP contribution in [-0.2, 0) is 4.74 Å². The summed E-state index contributed by atoms with van der Waals surface area (Å²) >= 11 is 1.43. The van der Waals surface area contributed by atoms with Crippen LogP contribution in [0.5, 0.6) is 0 Å². The Balaban J connectivity index is 1.54. The Bertz CT molecular complexity index is 1030. The van der Waals surface area contributed by atoms with E-state index in [1.807, 2.05) is 30.3 Å². The predicted octanol–water partition coefficient (Wildman–Crippen LogP) is 4.37. The van der Waals surface area contributed by atoms with Crippen LogP contribution in [0, 0.1) is 0 Å². The molecule has 3 N–H and O–H groups in total. The molecule has 1 aromatic heterocycles. The van der Waals surface area contributed by atoms with E-state index in [1.54, 1.807) is 4.90 Å². The lowest BCUT2D eigenvalue weighted by Gasteiger charge is -2.30. The number of urea groups is 1. The molecule has 0 radical (unpaired) electrons. The number of nitrogens with two attached hydrogens (primary N) is 1. The number of rotatable bonds is 6. The molecule has 7 nitrogen and oxygen atoms in total. The lowest BCUT2D eigenvalue weighted by atomic mass is 10.0. The number of nitrogen functional groups attached to an aromatic ring is 1. The molecule has 1 aliphatic rings. The molecule has 1 saturated heterocycles. The minimum Gasteiger partial charge on any atom is -0.379 e. The molecule has 0 unspecified atom stereocenters. The van der Waals surface area contributed by atoms with Gasteiger partial charge in [0.1, 0.15) is 0 Å². The van der Waals surface area contributed by atoms with Crippen molar-refractivity contribution in [2.75, 3.05) is 55.3 Å². The van der Waals surface area contributed by atoms with Crippen molar-refractivity contribution in [1.82, 2.24) is 9.88 Å². The van der Waals surface area contributed by atoms with Gasteiger partial charge in [0, 0.05) is 37.6 Å². The number of carbonyl (C=O) groups excluding carboxylic acids is 1. The van der Waals surface area contributed by atoms with Gasteiger partial charge in [-0.1, -0.05) is 37.3 Å². The van der Waals surface area contributed by atoms with E-state index in [9.17, 15) is 4.79 Å². The van der Waals surface area contributed by atoms with Gasteiger partial charge in [0.2, 0.25) is 0 Å². The van der Waals surface area contributed by atoms with E-state index in [1.165, 1.54) is 16.9 Å². The maximum absolute atomic E-state index is 13.3. The van der Waals surface area contributed by atoms with E-state index in [4.69, 9.17) is 10.5 Å². The third-order valence-electron chi connectivity index (χ3n) is 5.52. The van der Waals surface area contributed by atoms with E-state index < -0.39 is 0 Å². The summed E-state index contributed by atoms with van der Waals surface area (Å²) < 4.78 is 6.42. The molecular weight excluding hydrogens is 410 g/mol. The number of hydrogen-bond acceptors (Lipinski definition) is 6. The van der Waals surface area contributed by atoms with Crippen LogP contribution < -0.4 is 16.0 Å². The number of nitrogens with zero attached hydrogens (tertiary/aromatic N) is 3. The van der Waals surface area contributed by atoms with Gasteiger partial charge < -0.3 is 15.8 Å². The Labute approximate surface area is 186 Å². The van der Waals surface area contributed by atoms with Gasteiger partial charge in [-0.3, -0.25) is 9.80 Å². The fourth-order valence-corrected chi connectivity index (χ4v) is 4.42. The number of anilines is 3. The number of aromatic nitrogens is 1. The van der Waals surface area contributed by atoms with Crippen LogP contribution in [0.3, 0.4) is 0 Å². The van der Waals surface area contributed by atoms with E-state index >= 15 is 0 Å². The monoisotopic (exact) mass is 439 g/mol. The Morgan fingerprint density at radius 3 is 2.68 bits per heavy atom. The highest BCUT2D eigenvalue weighted by Gasteiger charge is 2.19. The third kappa shape index (κ3) is 5.33. The lowest BCUT2D eigenvalue weighted by Crippen LogP contribution is -2.44. The quantitative estimate of drug-likeness (QED) is 0.596. The highest BCUT2D eigenvalue weighted by molar-refractivity contribution is 7.22. The lowest BCUT2D eigenvalue weighted by molar-refractivity contribution is 0.0393. The normalized spacial score (nSPS) is 14.8. The number of carbonyl (C=O) groups is 1. The average molecular weight is 440 g/mol. The second-order valence-electron chi connectivity index (χ2n) is 8.02. The van der Waals surface area contributed by atoms with Crippen molar-refractivity contribution < 1.29 is 9.53 Å². The molecule has 0 bridgehead atoms. The zero-order valence-electron chi connectivity index (χ0n) is 18.0. The van der Waals surface area contributed by atoms with Gasteiger partial charge in [-0.25, -0.2) is 9.78 Å². The molecule has 1 fully saturated rings. The Morgan fingerprint density at radius 1 is 1.23 bits per heavy atom. The summed E-state index contributed by atoms with van der Waals surface area (Å²) in [5, 5.41) is 3.58. The fraction of sp³-hybridized carbons (Fsp3) is 0.391. The van der Waals surface area contributed by atoms with Gasteiger partial charge >= 0.3 is 6.03 Å². The fourth-order valence-electron chi connectivity index (χ4n) is 3.66. The summed E-state index contributed by atoms with van der Waals surface area (Å²) in [6, 6.07) is 13.7. The van der Waals surface area contributed by atoms with Crippen molar-refractivity contribution in [2.24, 2.45) is 0 Å². The summed E-state index contributed by atoms with van der Waals surface area (Å²) in [7, 11) is 0. The Hall–Kier alpha value is -2.68. The smallest absolute Gasteiger partial charge is 0.326 e. The molecule has 0 atom stereocenters. The molecule has 2 aromatic carbocycles. The number of thiazole rings is 1. The first-order valence-electron chi connectivity index (χ1n) is 10.6. The van der Waals surface area contributed by atoms with Crippen molar-refractivity contribution in [1.29, 1.82) is 0 Å². The second kappa shape index (κ2) is 9.64.